The Morgan fingerprint density at radius 1 is 1.71 bits per heavy atom. The molecule has 0 nitrogen and oxygen atoms in total. The highest BCUT2D eigenvalue weighted by Crippen LogP contribution is 1.96. The lowest BCUT2D eigenvalue weighted by Gasteiger charge is -1.74. The molecule has 0 bridgehead atoms. The van der Waals surface area contributed by atoms with Gasteiger partial charge in [-0.3, -0.25) is 0 Å². The fraction of sp³-hybridized carbons (Fsp3) is 0.500. The van der Waals surface area contributed by atoms with Gasteiger partial charge in [0.15, 0.2) is 0 Å². The molecular formula is C6H10S. The molecule has 0 aliphatic rings. The number of hydrogen-bond acceptors (Lipinski definition) is 1. The summed E-state index contributed by atoms with van der Waals surface area (Å²) in [6.07, 6.45) is 1.91. The third-order valence-corrected chi connectivity index (χ3v) is 1.12. The summed E-state index contributed by atoms with van der Waals surface area (Å²) in [6.45, 7) is 4.09. The standard InChI is InChI=1S/C6H10S/c1-3-5-6-7-4-2/h3,6H,4H2,1-2H3. The van der Waals surface area contributed by atoms with Crippen molar-refractivity contribution in [2.45, 2.75) is 13.8 Å². The second-order valence-electron chi connectivity index (χ2n) is 1.03. The van der Waals surface area contributed by atoms with E-state index in [0.29, 0.717) is 0 Å². The molecule has 0 aliphatic heterocycles. The van der Waals surface area contributed by atoms with Gasteiger partial charge in [0.1, 0.15) is 0 Å². The normalized spacial score (nSPS) is 7.14. The van der Waals surface area contributed by atoms with Crippen molar-refractivity contribution in [2.75, 3.05) is 5.75 Å². The molecule has 0 aliphatic carbocycles. The zero-order chi connectivity index (χ0) is 5.54. The van der Waals surface area contributed by atoms with Crippen molar-refractivity contribution in [3.05, 3.63) is 17.2 Å². The van der Waals surface area contributed by atoms with Crippen LogP contribution in [0.15, 0.2) is 17.2 Å². The zero-order valence-electron chi connectivity index (χ0n) is 4.77. The van der Waals surface area contributed by atoms with Crippen LogP contribution in [0.4, 0.5) is 0 Å². The van der Waals surface area contributed by atoms with Crippen LogP contribution in [0.25, 0.3) is 0 Å². The Kier molecular flexibility index (Phi) is 5.76. The van der Waals surface area contributed by atoms with Gasteiger partial charge >= 0.3 is 0 Å². The summed E-state index contributed by atoms with van der Waals surface area (Å²) >= 11 is 1.77. The molecule has 1 heteroatoms. The summed E-state index contributed by atoms with van der Waals surface area (Å²) in [4.78, 5) is 0. The van der Waals surface area contributed by atoms with E-state index in [1.807, 2.05) is 18.4 Å². The Hall–Kier alpha value is -0.130. The molecule has 0 atom stereocenters. The fourth-order valence-corrected chi connectivity index (χ4v) is 0.598. The largest absolute Gasteiger partial charge is 0.126 e. The molecule has 0 radical (unpaired) electrons. The predicted molar refractivity (Wildman–Crippen MR) is 36.5 cm³/mol. The highest BCUT2D eigenvalue weighted by molar-refractivity contribution is 8.02. The molecule has 40 valence electrons. The second kappa shape index (κ2) is 5.87. The van der Waals surface area contributed by atoms with E-state index in [0.717, 1.165) is 5.75 Å². The molecule has 0 rings (SSSR count). The topological polar surface area (TPSA) is 0 Å². The third-order valence-electron chi connectivity index (χ3n) is 0.485. The fourth-order valence-electron chi connectivity index (χ4n) is 0.199. The molecule has 0 heterocycles. The summed E-state index contributed by atoms with van der Waals surface area (Å²) in [7, 11) is 0. The maximum absolute atomic E-state index is 2.96. The number of rotatable bonds is 2. The first-order chi connectivity index (χ1) is 3.41. The molecule has 0 spiro atoms. The Morgan fingerprint density at radius 3 is 2.86 bits per heavy atom. The van der Waals surface area contributed by atoms with E-state index in [2.05, 4.69) is 12.7 Å². The Labute approximate surface area is 49.3 Å². The van der Waals surface area contributed by atoms with E-state index < -0.39 is 0 Å². The smallest absolute Gasteiger partial charge is 0.0125 e. The van der Waals surface area contributed by atoms with Crippen LogP contribution in [0.2, 0.25) is 0 Å². The van der Waals surface area contributed by atoms with Gasteiger partial charge in [0, 0.05) is 5.41 Å². The molecule has 0 N–H and O–H groups in total. The van der Waals surface area contributed by atoms with Crippen LogP contribution in [0.1, 0.15) is 13.8 Å². The number of thioether (sulfide) groups is 1. The van der Waals surface area contributed by atoms with Crippen LogP contribution >= 0.6 is 11.8 Å². The Balaban J connectivity index is 3.10. The molecule has 0 unspecified atom stereocenters. The van der Waals surface area contributed by atoms with Crippen molar-refractivity contribution in [2.24, 2.45) is 0 Å². The summed E-state index contributed by atoms with van der Waals surface area (Å²) < 4.78 is 0. The van der Waals surface area contributed by atoms with E-state index in [-0.39, 0.29) is 0 Å². The first-order valence-electron chi connectivity index (χ1n) is 2.39. The number of allylic oxidation sites excluding steroid dienone is 1. The Morgan fingerprint density at radius 2 is 2.43 bits per heavy atom. The van der Waals surface area contributed by atoms with Crippen LogP contribution in [0, 0.1) is 0 Å². The van der Waals surface area contributed by atoms with E-state index >= 15 is 0 Å². The molecule has 0 aromatic carbocycles. The second-order valence-corrected chi connectivity index (χ2v) is 2.17. The Bertz CT molecular complexity index is 78.2. The molecule has 0 aromatic heterocycles. The molecule has 0 amide bonds. The van der Waals surface area contributed by atoms with Gasteiger partial charge in [-0.1, -0.05) is 6.92 Å². The highest BCUT2D eigenvalue weighted by Gasteiger charge is 1.64. The minimum absolute atomic E-state index is 1.14. The lowest BCUT2D eigenvalue weighted by Crippen LogP contribution is -1.52. The van der Waals surface area contributed by atoms with Crippen LogP contribution in [0.3, 0.4) is 0 Å². The predicted octanol–water partition coefficient (Wildman–Crippen LogP) is 2.43. The minimum atomic E-state index is 1.14. The highest BCUT2D eigenvalue weighted by atomic mass is 32.2. The molecule has 0 saturated carbocycles. The molecular weight excluding hydrogens is 104 g/mol. The van der Waals surface area contributed by atoms with Crippen LogP contribution in [-0.4, -0.2) is 5.75 Å². The molecule has 0 fully saturated rings. The quantitative estimate of drug-likeness (QED) is 0.497. The lowest BCUT2D eigenvalue weighted by atomic mass is 10.7. The zero-order valence-corrected chi connectivity index (χ0v) is 5.59. The maximum atomic E-state index is 2.96. The van der Waals surface area contributed by atoms with Gasteiger partial charge in [-0.25, -0.2) is 0 Å². The average Bonchev–Trinajstić information content (AvgIpc) is 1.69. The van der Waals surface area contributed by atoms with Crippen molar-refractivity contribution in [3.63, 3.8) is 0 Å². The van der Waals surface area contributed by atoms with Gasteiger partial charge in [0.2, 0.25) is 0 Å². The van der Waals surface area contributed by atoms with Crippen molar-refractivity contribution in [1.82, 2.24) is 0 Å². The number of hydrogen-bond donors (Lipinski definition) is 0. The first kappa shape index (κ1) is 6.87. The van der Waals surface area contributed by atoms with Crippen molar-refractivity contribution >= 4 is 11.8 Å². The van der Waals surface area contributed by atoms with Gasteiger partial charge in [-0.2, -0.15) is 0 Å². The van der Waals surface area contributed by atoms with Gasteiger partial charge in [-0.15, -0.1) is 17.5 Å². The van der Waals surface area contributed by atoms with Crippen molar-refractivity contribution in [1.29, 1.82) is 0 Å². The SMILES string of the molecule is CC=C=CSCC. The molecule has 7 heavy (non-hydrogen) atoms. The minimum Gasteiger partial charge on any atom is -0.126 e. The van der Waals surface area contributed by atoms with Gasteiger partial charge < -0.3 is 0 Å². The van der Waals surface area contributed by atoms with Gasteiger partial charge in [0.25, 0.3) is 0 Å². The average molecular weight is 114 g/mol. The lowest BCUT2D eigenvalue weighted by molar-refractivity contribution is 1.54. The summed E-state index contributed by atoms with van der Waals surface area (Å²) in [5.41, 5.74) is 2.96. The van der Waals surface area contributed by atoms with Gasteiger partial charge in [-0.05, 0) is 18.8 Å². The maximum Gasteiger partial charge on any atom is 0.0125 e. The molecule has 0 aromatic rings. The van der Waals surface area contributed by atoms with Crippen molar-refractivity contribution in [3.8, 4) is 0 Å². The monoisotopic (exact) mass is 114 g/mol. The van der Waals surface area contributed by atoms with E-state index in [1.54, 1.807) is 11.8 Å². The van der Waals surface area contributed by atoms with E-state index in [4.69, 9.17) is 0 Å². The molecule has 0 saturated heterocycles. The first-order valence-corrected chi connectivity index (χ1v) is 3.43. The van der Waals surface area contributed by atoms with E-state index in [9.17, 15) is 0 Å². The van der Waals surface area contributed by atoms with Crippen LogP contribution < -0.4 is 0 Å². The summed E-state index contributed by atoms with van der Waals surface area (Å²) in [6, 6.07) is 0. The van der Waals surface area contributed by atoms with Gasteiger partial charge in [0.05, 0.1) is 0 Å². The summed E-state index contributed by atoms with van der Waals surface area (Å²) in [5.74, 6) is 1.14. The summed E-state index contributed by atoms with van der Waals surface area (Å²) in [5, 5.41) is 1.97. The van der Waals surface area contributed by atoms with E-state index in [1.165, 1.54) is 0 Å². The van der Waals surface area contributed by atoms with Crippen LogP contribution in [-0.2, 0) is 0 Å². The van der Waals surface area contributed by atoms with Crippen molar-refractivity contribution < 1.29 is 0 Å². The third kappa shape index (κ3) is 5.87. The van der Waals surface area contributed by atoms with Crippen LogP contribution in [0.5, 0.6) is 0 Å².